The van der Waals surface area contributed by atoms with Gasteiger partial charge >= 0.3 is 17.9 Å². The molecule has 0 aromatic heterocycles. The van der Waals surface area contributed by atoms with Gasteiger partial charge in [0.05, 0.1) is 0 Å². The van der Waals surface area contributed by atoms with Gasteiger partial charge in [-0.3, -0.25) is 14.4 Å². The first kappa shape index (κ1) is 53.9. The molecule has 1 atom stereocenters. The normalized spacial score (nSPS) is 12.1. The van der Waals surface area contributed by atoms with E-state index in [0.29, 0.717) is 19.3 Å². The predicted octanol–water partition coefficient (Wildman–Crippen LogP) is 15.6. The fraction of sp³-hybridized carbons (Fsp3) is 0.860. The van der Waals surface area contributed by atoms with Crippen LogP contribution in [0.3, 0.4) is 0 Å². The molecule has 0 heterocycles. The lowest BCUT2D eigenvalue weighted by Crippen LogP contribution is -2.30. The molecule has 6 nitrogen and oxygen atoms in total. The van der Waals surface area contributed by atoms with E-state index in [0.717, 1.165) is 77.0 Å². The lowest BCUT2D eigenvalue weighted by molar-refractivity contribution is -0.167. The summed E-state index contributed by atoms with van der Waals surface area (Å²) in [5, 5.41) is 0. The summed E-state index contributed by atoms with van der Waals surface area (Å²) >= 11 is 0. The maximum Gasteiger partial charge on any atom is 0.306 e. The van der Waals surface area contributed by atoms with Crippen molar-refractivity contribution in [3.8, 4) is 0 Å². The molecule has 0 saturated carbocycles. The topological polar surface area (TPSA) is 78.9 Å². The zero-order valence-corrected chi connectivity index (χ0v) is 37.4. The Hall–Kier alpha value is -2.11. The predicted molar refractivity (Wildman–Crippen MR) is 238 cm³/mol. The second-order valence-electron chi connectivity index (χ2n) is 16.4. The minimum absolute atomic E-state index is 0.0715. The van der Waals surface area contributed by atoms with Gasteiger partial charge in [0, 0.05) is 19.3 Å². The molecule has 0 amide bonds. The summed E-state index contributed by atoms with van der Waals surface area (Å²) < 4.78 is 16.7. The smallest absolute Gasteiger partial charge is 0.306 e. The first-order valence-electron chi connectivity index (χ1n) is 24.3. The molecule has 0 aromatic carbocycles. The maximum absolute atomic E-state index is 12.7. The molecule has 328 valence electrons. The van der Waals surface area contributed by atoms with E-state index in [1.165, 1.54) is 141 Å². The molecule has 1 unspecified atom stereocenters. The average Bonchev–Trinajstić information content (AvgIpc) is 3.19. The van der Waals surface area contributed by atoms with Crippen LogP contribution in [0.1, 0.15) is 258 Å². The molecule has 56 heavy (non-hydrogen) atoms. The molecule has 0 saturated heterocycles. The number of carbonyl (C=O) groups is 3. The van der Waals surface area contributed by atoms with E-state index in [2.05, 4.69) is 45.1 Å². The van der Waals surface area contributed by atoms with Crippen LogP contribution in [-0.4, -0.2) is 37.2 Å². The third-order valence-corrected chi connectivity index (χ3v) is 10.7. The molecule has 6 heteroatoms. The fourth-order valence-electron chi connectivity index (χ4n) is 7.00. The molecular formula is C50H92O6. The van der Waals surface area contributed by atoms with E-state index in [9.17, 15) is 14.4 Å². The molecule has 0 rings (SSSR count). The van der Waals surface area contributed by atoms with Crippen LogP contribution < -0.4 is 0 Å². The number of hydrogen-bond donors (Lipinski definition) is 0. The Labute approximate surface area is 347 Å². The van der Waals surface area contributed by atoms with Gasteiger partial charge in [-0.05, 0) is 51.4 Å². The SMILES string of the molecule is CCCCCC/C=C\C/C=C\CCCCCCCC(=O)OCC(COC(=O)CCCCCCCCCCCCC)OC(=O)CCCCCCCCCCCCC. The van der Waals surface area contributed by atoms with E-state index in [4.69, 9.17) is 14.2 Å². The maximum atomic E-state index is 12.7. The summed E-state index contributed by atoms with van der Waals surface area (Å²) in [4.78, 5) is 37.8. The van der Waals surface area contributed by atoms with Crippen molar-refractivity contribution >= 4 is 17.9 Å². The van der Waals surface area contributed by atoms with Crippen LogP contribution in [0.15, 0.2) is 24.3 Å². The molecule has 0 aromatic rings. The Morgan fingerprint density at radius 3 is 1.00 bits per heavy atom. The van der Waals surface area contributed by atoms with E-state index in [1.807, 2.05) is 0 Å². The second-order valence-corrected chi connectivity index (χ2v) is 16.4. The van der Waals surface area contributed by atoms with Crippen LogP contribution >= 0.6 is 0 Å². The quantitative estimate of drug-likeness (QED) is 0.0265. The Balaban J connectivity index is 4.34. The number of unbranched alkanes of at least 4 members (excludes halogenated alkanes) is 29. The summed E-state index contributed by atoms with van der Waals surface area (Å²) in [5.74, 6) is -0.878. The highest BCUT2D eigenvalue weighted by Gasteiger charge is 2.19. The zero-order chi connectivity index (χ0) is 40.8. The number of ether oxygens (including phenoxy) is 3. The lowest BCUT2D eigenvalue weighted by atomic mass is 10.1. The van der Waals surface area contributed by atoms with Crippen LogP contribution in [0.5, 0.6) is 0 Å². The van der Waals surface area contributed by atoms with Crippen molar-refractivity contribution < 1.29 is 28.6 Å². The Bertz CT molecular complexity index is 911. The first-order valence-corrected chi connectivity index (χ1v) is 24.3. The summed E-state index contributed by atoms with van der Waals surface area (Å²) in [6.07, 6.45) is 50.1. The van der Waals surface area contributed by atoms with E-state index in [1.54, 1.807) is 0 Å². The third kappa shape index (κ3) is 43.0. The first-order chi connectivity index (χ1) is 27.5. The van der Waals surface area contributed by atoms with Gasteiger partial charge in [0.15, 0.2) is 6.10 Å². The largest absolute Gasteiger partial charge is 0.462 e. The summed E-state index contributed by atoms with van der Waals surface area (Å²) in [6.45, 7) is 6.61. The van der Waals surface area contributed by atoms with Crippen molar-refractivity contribution in [2.24, 2.45) is 0 Å². The summed E-state index contributed by atoms with van der Waals surface area (Å²) in [7, 11) is 0. The molecule has 0 radical (unpaired) electrons. The van der Waals surface area contributed by atoms with Crippen LogP contribution in [-0.2, 0) is 28.6 Å². The number of allylic oxidation sites excluding steroid dienone is 4. The van der Waals surface area contributed by atoms with E-state index < -0.39 is 6.10 Å². The van der Waals surface area contributed by atoms with Crippen molar-refractivity contribution in [3.63, 3.8) is 0 Å². The van der Waals surface area contributed by atoms with Gasteiger partial charge in [-0.2, -0.15) is 0 Å². The molecule has 0 bridgehead atoms. The summed E-state index contributed by atoms with van der Waals surface area (Å²) in [6, 6.07) is 0. The van der Waals surface area contributed by atoms with Gasteiger partial charge in [-0.1, -0.05) is 212 Å². The summed E-state index contributed by atoms with van der Waals surface area (Å²) in [5.41, 5.74) is 0. The van der Waals surface area contributed by atoms with Crippen molar-refractivity contribution in [1.29, 1.82) is 0 Å². The highest BCUT2D eigenvalue weighted by Crippen LogP contribution is 2.15. The van der Waals surface area contributed by atoms with Crippen LogP contribution in [0.4, 0.5) is 0 Å². The van der Waals surface area contributed by atoms with Gasteiger partial charge < -0.3 is 14.2 Å². The third-order valence-electron chi connectivity index (χ3n) is 10.7. The minimum atomic E-state index is -0.769. The second kappa shape index (κ2) is 45.6. The molecule has 0 spiro atoms. The number of rotatable bonds is 44. The van der Waals surface area contributed by atoms with Crippen LogP contribution in [0.25, 0.3) is 0 Å². The molecule has 0 aliphatic rings. The molecule has 0 aliphatic heterocycles. The van der Waals surface area contributed by atoms with Crippen molar-refractivity contribution in [2.75, 3.05) is 13.2 Å². The Kier molecular flexibility index (Phi) is 43.9. The van der Waals surface area contributed by atoms with Gasteiger partial charge in [-0.25, -0.2) is 0 Å². The van der Waals surface area contributed by atoms with E-state index in [-0.39, 0.29) is 31.1 Å². The Morgan fingerprint density at radius 1 is 0.357 bits per heavy atom. The highest BCUT2D eigenvalue weighted by molar-refractivity contribution is 5.71. The standard InChI is InChI=1S/C50H92O6/c1-4-7-10-13-16-19-22-23-24-25-26-29-31-34-37-40-43-49(52)55-46-47(56-50(53)44-41-38-35-32-28-21-18-15-12-9-6-3)45-54-48(51)42-39-36-33-30-27-20-17-14-11-8-5-2/h19,22,24-25,47H,4-18,20-21,23,26-46H2,1-3H3/b22-19-,25-24-. The number of hydrogen-bond acceptors (Lipinski definition) is 6. The molecule has 0 N–H and O–H groups in total. The van der Waals surface area contributed by atoms with Gasteiger partial charge in [0.25, 0.3) is 0 Å². The molecular weight excluding hydrogens is 697 g/mol. The van der Waals surface area contributed by atoms with Gasteiger partial charge in [-0.15, -0.1) is 0 Å². The molecule has 0 aliphatic carbocycles. The molecule has 0 fully saturated rings. The minimum Gasteiger partial charge on any atom is -0.462 e. The highest BCUT2D eigenvalue weighted by atomic mass is 16.6. The number of esters is 3. The van der Waals surface area contributed by atoms with Gasteiger partial charge in [0.2, 0.25) is 0 Å². The van der Waals surface area contributed by atoms with Crippen LogP contribution in [0.2, 0.25) is 0 Å². The van der Waals surface area contributed by atoms with Gasteiger partial charge in [0.1, 0.15) is 13.2 Å². The number of carbonyl (C=O) groups excluding carboxylic acids is 3. The van der Waals surface area contributed by atoms with E-state index >= 15 is 0 Å². The van der Waals surface area contributed by atoms with Crippen molar-refractivity contribution in [3.05, 3.63) is 24.3 Å². The average molecular weight is 789 g/mol. The van der Waals surface area contributed by atoms with Crippen molar-refractivity contribution in [1.82, 2.24) is 0 Å². The monoisotopic (exact) mass is 789 g/mol. The van der Waals surface area contributed by atoms with Crippen molar-refractivity contribution in [2.45, 2.75) is 264 Å². The lowest BCUT2D eigenvalue weighted by Gasteiger charge is -2.18. The van der Waals surface area contributed by atoms with Crippen LogP contribution in [0, 0.1) is 0 Å². The Morgan fingerprint density at radius 2 is 0.643 bits per heavy atom. The zero-order valence-electron chi connectivity index (χ0n) is 37.4. The fourth-order valence-corrected chi connectivity index (χ4v) is 7.00.